The molecule has 0 aliphatic carbocycles. The number of hydrogen-bond acceptors (Lipinski definition) is 6. The van der Waals surface area contributed by atoms with E-state index in [1.165, 1.54) is 12.1 Å². The number of rotatable bonds is 4. The van der Waals surface area contributed by atoms with Gasteiger partial charge in [-0.3, -0.25) is 20.2 Å². The molecule has 0 spiro atoms. The van der Waals surface area contributed by atoms with Gasteiger partial charge in [-0.1, -0.05) is 24.3 Å². The summed E-state index contributed by atoms with van der Waals surface area (Å²) >= 11 is 0. The zero-order valence-electron chi connectivity index (χ0n) is 15.0. The predicted octanol–water partition coefficient (Wildman–Crippen LogP) is 4.92. The van der Waals surface area contributed by atoms with Crippen LogP contribution in [-0.2, 0) is 6.54 Å². The summed E-state index contributed by atoms with van der Waals surface area (Å²) in [6.45, 7) is 0.268. The van der Waals surface area contributed by atoms with Gasteiger partial charge in [0.05, 0.1) is 38.7 Å². The van der Waals surface area contributed by atoms with Crippen molar-refractivity contribution in [1.29, 1.82) is 0 Å². The third kappa shape index (κ3) is 2.90. The second-order valence-electron chi connectivity index (χ2n) is 6.49. The molecule has 0 bridgehead atoms. The molecule has 8 nitrogen and oxygen atoms in total. The van der Waals surface area contributed by atoms with Gasteiger partial charge >= 0.3 is 0 Å². The smallest absolute Gasteiger partial charge is 0.276 e. The molecule has 3 aromatic rings. The molecular weight excluding hydrogens is 360 g/mol. The van der Waals surface area contributed by atoms with Gasteiger partial charge in [-0.05, 0) is 29.8 Å². The van der Waals surface area contributed by atoms with Gasteiger partial charge in [0, 0.05) is 25.7 Å². The van der Waals surface area contributed by atoms with Gasteiger partial charge in [-0.25, -0.2) is 0 Å². The lowest BCUT2D eigenvalue weighted by molar-refractivity contribution is -0.394. The van der Waals surface area contributed by atoms with Gasteiger partial charge in [0.15, 0.2) is 0 Å². The van der Waals surface area contributed by atoms with E-state index in [4.69, 9.17) is 0 Å². The molecule has 0 unspecified atom stereocenters. The molecule has 1 aliphatic heterocycles. The third-order valence-electron chi connectivity index (χ3n) is 4.79. The van der Waals surface area contributed by atoms with Crippen molar-refractivity contribution >= 4 is 34.1 Å². The monoisotopic (exact) mass is 376 g/mol. The maximum atomic E-state index is 11.2. The number of hydrogen-bond donors (Lipinski definition) is 0. The number of nitrogens with zero attached hydrogens (tertiary/aromatic N) is 4. The van der Waals surface area contributed by atoms with Crippen LogP contribution in [0.4, 0.5) is 34.1 Å². The third-order valence-corrected chi connectivity index (χ3v) is 4.79. The van der Waals surface area contributed by atoms with Crippen molar-refractivity contribution in [3.63, 3.8) is 0 Å². The molecule has 0 aromatic heterocycles. The SMILES string of the molecule is CN1c2ccccc2N(Cc2cc([N+](=O)[O-])cc([N+](=O)[O-])c2)c2ccccc21. The van der Waals surface area contributed by atoms with Gasteiger partial charge in [0.2, 0.25) is 0 Å². The lowest BCUT2D eigenvalue weighted by atomic mass is 10.1. The van der Waals surface area contributed by atoms with E-state index in [0.29, 0.717) is 5.56 Å². The molecule has 0 fully saturated rings. The summed E-state index contributed by atoms with van der Waals surface area (Å²) in [6, 6.07) is 19.4. The molecule has 1 aliphatic rings. The largest absolute Gasteiger partial charge is 0.341 e. The Bertz CT molecular complexity index is 1020. The maximum Gasteiger partial charge on any atom is 0.276 e. The van der Waals surface area contributed by atoms with Crippen molar-refractivity contribution < 1.29 is 9.85 Å². The number of para-hydroxylation sites is 4. The normalized spacial score (nSPS) is 12.3. The van der Waals surface area contributed by atoms with E-state index in [1.807, 2.05) is 60.5 Å². The minimum Gasteiger partial charge on any atom is -0.341 e. The lowest BCUT2D eigenvalue weighted by Gasteiger charge is -2.38. The van der Waals surface area contributed by atoms with E-state index in [-0.39, 0.29) is 17.9 Å². The number of benzene rings is 3. The minimum atomic E-state index is -0.609. The van der Waals surface area contributed by atoms with E-state index >= 15 is 0 Å². The fourth-order valence-corrected chi connectivity index (χ4v) is 3.52. The Hall–Kier alpha value is -3.94. The number of non-ortho nitro benzene ring substituents is 2. The zero-order valence-corrected chi connectivity index (χ0v) is 15.0. The van der Waals surface area contributed by atoms with Crippen molar-refractivity contribution in [3.05, 3.63) is 92.5 Å². The van der Waals surface area contributed by atoms with Crippen molar-refractivity contribution in [1.82, 2.24) is 0 Å². The van der Waals surface area contributed by atoms with Crippen LogP contribution in [0.25, 0.3) is 0 Å². The Labute approximate surface area is 160 Å². The minimum absolute atomic E-state index is 0.268. The molecule has 8 heteroatoms. The van der Waals surface area contributed by atoms with Crippen molar-refractivity contribution in [2.45, 2.75) is 6.54 Å². The second-order valence-corrected chi connectivity index (χ2v) is 6.49. The van der Waals surface area contributed by atoms with Crippen molar-refractivity contribution in [2.75, 3.05) is 16.8 Å². The highest BCUT2D eigenvalue weighted by Crippen LogP contribution is 2.47. The van der Waals surface area contributed by atoms with E-state index in [1.54, 1.807) is 0 Å². The molecule has 28 heavy (non-hydrogen) atoms. The van der Waals surface area contributed by atoms with Gasteiger partial charge in [0.25, 0.3) is 11.4 Å². The first kappa shape index (κ1) is 17.5. The van der Waals surface area contributed by atoms with Crippen LogP contribution in [0.15, 0.2) is 66.7 Å². The Morgan fingerprint density at radius 2 is 1.18 bits per heavy atom. The van der Waals surface area contributed by atoms with Crippen LogP contribution in [0.2, 0.25) is 0 Å². The molecule has 0 saturated heterocycles. The molecule has 0 amide bonds. The first-order chi connectivity index (χ1) is 13.5. The first-order valence-electron chi connectivity index (χ1n) is 8.58. The zero-order chi connectivity index (χ0) is 19.8. The number of fused-ring (bicyclic) bond motifs is 2. The van der Waals surface area contributed by atoms with Crippen LogP contribution in [0.1, 0.15) is 5.56 Å². The highest BCUT2D eigenvalue weighted by Gasteiger charge is 2.27. The van der Waals surface area contributed by atoms with Crippen LogP contribution in [0, 0.1) is 20.2 Å². The Kier molecular flexibility index (Phi) is 4.15. The lowest BCUT2D eigenvalue weighted by Crippen LogP contribution is -2.27. The van der Waals surface area contributed by atoms with E-state index in [2.05, 4.69) is 4.90 Å². The standard InChI is InChI=1S/C20H16N4O4/c1-21-17-6-2-4-8-19(17)22(20-9-5-3-7-18(20)21)13-14-10-15(23(25)26)12-16(11-14)24(27)28/h2-12H,13H2,1H3. The topological polar surface area (TPSA) is 92.8 Å². The number of nitro groups is 2. The average Bonchev–Trinajstić information content (AvgIpc) is 2.71. The van der Waals surface area contributed by atoms with E-state index < -0.39 is 9.85 Å². The van der Waals surface area contributed by atoms with Crippen LogP contribution in [-0.4, -0.2) is 16.9 Å². The molecule has 0 atom stereocenters. The van der Waals surface area contributed by atoms with Gasteiger partial charge in [0.1, 0.15) is 0 Å². The maximum absolute atomic E-state index is 11.2. The summed E-state index contributed by atoms with van der Waals surface area (Å²) in [5, 5.41) is 22.4. The predicted molar refractivity (Wildman–Crippen MR) is 107 cm³/mol. The fraction of sp³-hybridized carbons (Fsp3) is 0.100. The molecule has 140 valence electrons. The molecule has 0 radical (unpaired) electrons. The molecular formula is C20H16N4O4. The summed E-state index contributed by atoms with van der Waals surface area (Å²) in [6.07, 6.45) is 0. The van der Waals surface area contributed by atoms with E-state index in [9.17, 15) is 20.2 Å². The molecule has 4 rings (SSSR count). The Morgan fingerprint density at radius 3 is 1.61 bits per heavy atom. The number of nitro benzene ring substituents is 2. The summed E-state index contributed by atoms with van der Waals surface area (Å²) in [7, 11) is 1.98. The summed E-state index contributed by atoms with van der Waals surface area (Å²) in [4.78, 5) is 25.3. The van der Waals surface area contributed by atoms with Gasteiger partial charge in [-0.2, -0.15) is 0 Å². The molecule has 0 N–H and O–H groups in total. The van der Waals surface area contributed by atoms with Crippen LogP contribution < -0.4 is 9.80 Å². The van der Waals surface area contributed by atoms with Gasteiger partial charge < -0.3 is 9.80 Å². The average molecular weight is 376 g/mol. The van der Waals surface area contributed by atoms with Gasteiger partial charge in [-0.15, -0.1) is 0 Å². The molecule has 3 aromatic carbocycles. The van der Waals surface area contributed by atoms with Crippen LogP contribution in [0.5, 0.6) is 0 Å². The molecule has 1 heterocycles. The summed E-state index contributed by atoms with van der Waals surface area (Å²) < 4.78 is 0. The molecule has 0 saturated carbocycles. The van der Waals surface area contributed by atoms with Crippen molar-refractivity contribution in [2.24, 2.45) is 0 Å². The van der Waals surface area contributed by atoms with E-state index in [0.717, 1.165) is 28.8 Å². The quantitative estimate of drug-likeness (QED) is 0.474. The Morgan fingerprint density at radius 1 is 0.750 bits per heavy atom. The van der Waals surface area contributed by atoms with Crippen molar-refractivity contribution in [3.8, 4) is 0 Å². The second kappa shape index (κ2) is 6.66. The highest BCUT2D eigenvalue weighted by atomic mass is 16.6. The summed E-state index contributed by atoms with van der Waals surface area (Å²) in [5.74, 6) is 0. The van der Waals surface area contributed by atoms with Crippen LogP contribution >= 0.6 is 0 Å². The first-order valence-corrected chi connectivity index (χ1v) is 8.58. The summed E-state index contributed by atoms with van der Waals surface area (Å²) in [5.41, 5.74) is 3.74. The highest BCUT2D eigenvalue weighted by molar-refractivity contribution is 5.92. The number of anilines is 4. The fourth-order valence-electron chi connectivity index (χ4n) is 3.52. The Balaban J connectivity index is 1.84. The van der Waals surface area contributed by atoms with Crippen LogP contribution in [0.3, 0.4) is 0 Å².